The third-order valence-electron chi connectivity index (χ3n) is 2.27. The standard InChI is InChI=1S/C12H12BrN3/c1-16(9-10-4-7-14-8-5-10)12-11(13)3-2-6-15-12/h2-8H,9H2,1H3. The van der Waals surface area contributed by atoms with Gasteiger partial charge in [-0.2, -0.15) is 0 Å². The molecule has 0 atom stereocenters. The molecule has 0 saturated carbocycles. The van der Waals surface area contributed by atoms with Crippen molar-refractivity contribution in [2.45, 2.75) is 6.54 Å². The van der Waals surface area contributed by atoms with Crippen molar-refractivity contribution in [2.75, 3.05) is 11.9 Å². The Morgan fingerprint density at radius 1 is 1.19 bits per heavy atom. The van der Waals surface area contributed by atoms with Gasteiger partial charge < -0.3 is 4.90 Å². The van der Waals surface area contributed by atoms with Crippen molar-refractivity contribution < 1.29 is 0 Å². The largest absolute Gasteiger partial charge is 0.354 e. The molecule has 0 aliphatic heterocycles. The fourth-order valence-electron chi connectivity index (χ4n) is 1.50. The molecule has 0 fully saturated rings. The molecule has 2 heterocycles. The fraction of sp³-hybridized carbons (Fsp3) is 0.167. The van der Waals surface area contributed by atoms with Crippen LogP contribution in [-0.4, -0.2) is 17.0 Å². The van der Waals surface area contributed by atoms with Crippen LogP contribution in [0.4, 0.5) is 5.82 Å². The van der Waals surface area contributed by atoms with Crippen LogP contribution in [-0.2, 0) is 6.54 Å². The van der Waals surface area contributed by atoms with Gasteiger partial charge in [-0.15, -0.1) is 0 Å². The number of nitrogens with zero attached hydrogens (tertiary/aromatic N) is 3. The van der Waals surface area contributed by atoms with Crippen LogP contribution in [0.5, 0.6) is 0 Å². The van der Waals surface area contributed by atoms with Crippen molar-refractivity contribution in [3.05, 3.63) is 52.9 Å². The van der Waals surface area contributed by atoms with E-state index in [1.807, 2.05) is 31.3 Å². The first kappa shape index (κ1) is 11.1. The Labute approximate surface area is 103 Å². The summed E-state index contributed by atoms with van der Waals surface area (Å²) in [6.07, 6.45) is 5.40. The minimum atomic E-state index is 0.818. The van der Waals surface area contributed by atoms with Crippen molar-refractivity contribution in [3.63, 3.8) is 0 Å². The zero-order valence-corrected chi connectivity index (χ0v) is 10.6. The van der Waals surface area contributed by atoms with E-state index < -0.39 is 0 Å². The zero-order chi connectivity index (χ0) is 11.4. The Morgan fingerprint density at radius 3 is 2.62 bits per heavy atom. The van der Waals surface area contributed by atoms with Crippen molar-refractivity contribution in [1.29, 1.82) is 0 Å². The van der Waals surface area contributed by atoms with Crippen LogP contribution in [0.15, 0.2) is 47.3 Å². The summed E-state index contributed by atoms with van der Waals surface area (Å²) in [6.45, 7) is 0.818. The second-order valence-corrected chi connectivity index (χ2v) is 4.37. The normalized spacial score (nSPS) is 10.1. The van der Waals surface area contributed by atoms with Gasteiger partial charge in [0.05, 0.1) is 4.47 Å². The molecular weight excluding hydrogens is 266 g/mol. The van der Waals surface area contributed by atoms with Gasteiger partial charge in [-0.3, -0.25) is 4.98 Å². The van der Waals surface area contributed by atoms with Gasteiger partial charge in [0, 0.05) is 32.2 Å². The number of hydrogen-bond acceptors (Lipinski definition) is 3. The van der Waals surface area contributed by atoms with E-state index in [1.165, 1.54) is 5.56 Å². The highest BCUT2D eigenvalue weighted by atomic mass is 79.9. The molecule has 0 unspecified atom stereocenters. The van der Waals surface area contributed by atoms with E-state index in [0.717, 1.165) is 16.8 Å². The summed E-state index contributed by atoms with van der Waals surface area (Å²) in [5, 5.41) is 0. The van der Waals surface area contributed by atoms with E-state index in [2.05, 4.69) is 30.8 Å². The lowest BCUT2D eigenvalue weighted by Crippen LogP contribution is -2.18. The van der Waals surface area contributed by atoms with Crippen LogP contribution in [0.2, 0.25) is 0 Å². The highest BCUT2D eigenvalue weighted by Gasteiger charge is 2.06. The molecule has 0 spiro atoms. The maximum Gasteiger partial charge on any atom is 0.142 e. The van der Waals surface area contributed by atoms with E-state index in [1.54, 1.807) is 18.6 Å². The summed E-state index contributed by atoms with van der Waals surface area (Å²) in [4.78, 5) is 10.4. The lowest BCUT2D eigenvalue weighted by molar-refractivity contribution is 0.891. The van der Waals surface area contributed by atoms with Gasteiger partial charge in [0.15, 0.2) is 0 Å². The van der Waals surface area contributed by atoms with Gasteiger partial charge >= 0.3 is 0 Å². The molecule has 0 N–H and O–H groups in total. The molecule has 2 rings (SSSR count). The zero-order valence-electron chi connectivity index (χ0n) is 8.97. The average molecular weight is 278 g/mol. The molecule has 0 radical (unpaired) electrons. The van der Waals surface area contributed by atoms with Gasteiger partial charge in [0.2, 0.25) is 0 Å². The summed E-state index contributed by atoms with van der Waals surface area (Å²) < 4.78 is 1.01. The molecule has 0 amide bonds. The molecular formula is C12H12BrN3. The van der Waals surface area contributed by atoms with Crippen LogP contribution in [0.25, 0.3) is 0 Å². The Kier molecular flexibility index (Phi) is 3.51. The van der Waals surface area contributed by atoms with E-state index >= 15 is 0 Å². The average Bonchev–Trinajstić information content (AvgIpc) is 2.31. The van der Waals surface area contributed by atoms with Gasteiger partial charge in [0.25, 0.3) is 0 Å². The molecule has 0 aliphatic carbocycles. The topological polar surface area (TPSA) is 29.0 Å². The third-order valence-corrected chi connectivity index (χ3v) is 2.89. The summed E-state index contributed by atoms with van der Waals surface area (Å²) in [5.41, 5.74) is 1.22. The third kappa shape index (κ3) is 2.58. The minimum Gasteiger partial charge on any atom is -0.354 e. The molecule has 3 nitrogen and oxygen atoms in total. The predicted octanol–water partition coefficient (Wildman–Crippen LogP) is 2.88. The molecule has 16 heavy (non-hydrogen) atoms. The monoisotopic (exact) mass is 277 g/mol. The number of pyridine rings is 2. The molecule has 0 aromatic carbocycles. The fourth-order valence-corrected chi connectivity index (χ4v) is 2.05. The maximum atomic E-state index is 4.34. The summed E-state index contributed by atoms with van der Waals surface area (Å²) in [5.74, 6) is 0.944. The SMILES string of the molecule is CN(Cc1ccncc1)c1ncccc1Br. The lowest BCUT2D eigenvalue weighted by atomic mass is 10.2. The van der Waals surface area contributed by atoms with Crippen LogP contribution in [0.1, 0.15) is 5.56 Å². The minimum absolute atomic E-state index is 0.818. The molecule has 0 saturated heterocycles. The maximum absolute atomic E-state index is 4.34. The Morgan fingerprint density at radius 2 is 1.94 bits per heavy atom. The second-order valence-electron chi connectivity index (χ2n) is 3.52. The number of rotatable bonds is 3. The van der Waals surface area contributed by atoms with Crippen molar-refractivity contribution in [1.82, 2.24) is 9.97 Å². The number of anilines is 1. The lowest BCUT2D eigenvalue weighted by Gasteiger charge is -2.19. The molecule has 4 heteroatoms. The van der Waals surface area contributed by atoms with Crippen molar-refractivity contribution >= 4 is 21.7 Å². The first-order valence-electron chi connectivity index (χ1n) is 4.98. The van der Waals surface area contributed by atoms with Crippen LogP contribution in [0, 0.1) is 0 Å². The van der Waals surface area contributed by atoms with E-state index in [9.17, 15) is 0 Å². The molecule has 82 valence electrons. The highest BCUT2D eigenvalue weighted by Crippen LogP contribution is 2.22. The summed E-state index contributed by atoms with van der Waals surface area (Å²) in [6, 6.07) is 7.92. The summed E-state index contributed by atoms with van der Waals surface area (Å²) >= 11 is 3.49. The Balaban J connectivity index is 2.15. The van der Waals surface area contributed by atoms with Crippen LogP contribution in [0.3, 0.4) is 0 Å². The Hall–Kier alpha value is -1.42. The summed E-state index contributed by atoms with van der Waals surface area (Å²) in [7, 11) is 2.02. The molecule has 0 aliphatic rings. The van der Waals surface area contributed by atoms with Crippen LogP contribution >= 0.6 is 15.9 Å². The van der Waals surface area contributed by atoms with E-state index in [0.29, 0.717) is 0 Å². The predicted molar refractivity (Wildman–Crippen MR) is 68.3 cm³/mol. The van der Waals surface area contributed by atoms with E-state index in [4.69, 9.17) is 0 Å². The Bertz CT molecular complexity index is 459. The van der Waals surface area contributed by atoms with Crippen molar-refractivity contribution in [3.8, 4) is 0 Å². The van der Waals surface area contributed by atoms with Gasteiger partial charge in [-0.25, -0.2) is 4.98 Å². The first-order valence-corrected chi connectivity index (χ1v) is 5.77. The molecule has 2 aromatic rings. The second kappa shape index (κ2) is 5.07. The van der Waals surface area contributed by atoms with Crippen molar-refractivity contribution in [2.24, 2.45) is 0 Å². The molecule has 0 bridgehead atoms. The van der Waals surface area contributed by atoms with Gasteiger partial charge in [-0.1, -0.05) is 0 Å². The first-order chi connectivity index (χ1) is 7.77. The van der Waals surface area contributed by atoms with Crippen LogP contribution < -0.4 is 4.90 Å². The number of halogens is 1. The van der Waals surface area contributed by atoms with E-state index in [-0.39, 0.29) is 0 Å². The van der Waals surface area contributed by atoms with Gasteiger partial charge in [-0.05, 0) is 45.8 Å². The molecule has 2 aromatic heterocycles. The number of hydrogen-bond donors (Lipinski definition) is 0. The smallest absolute Gasteiger partial charge is 0.142 e. The number of aromatic nitrogens is 2. The van der Waals surface area contributed by atoms with Gasteiger partial charge in [0.1, 0.15) is 5.82 Å². The quantitative estimate of drug-likeness (QED) is 0.864. The highest BCUT2D eigenvalue weighted by molar-refractivity contribution is 9.10.